The number of nitrogens with zero attached hydrogens (tertiary/aromatic N) is 1. The highest BCUT2D eigenvalue weighted by Crippen LogP contribution is 2.58. The second kappa shape index (κ2) is 15.7. The van der Waals surface area contributed by atoms with E-state index in [1.807, 2.05) is 6.07 Å². The highest BCUT2D eigenvalue weighted by Gasteiger charge is 2.46. The third kappa shape index (κ3) is 6.00. The Labute approximate surface area is 423 Å². The molecule has 3 heteroatoms. The molecule has 2 aromatic heterocycles. The molecule has 0 unspecified atom stereocenters. The van der Waals surface area contributed by atoms with E-state index in [1.165, 1.54) is 61.2 Å². The first kappa shape index (κ1) is 41.6. The van der Waals surface area contributed by atoms with E-state index >= 15 is 0 Å². The fraction of sp³-hybridized carbons (Fsp3) is 0.0571. The molecule has 2 aliphatic rings. The quantitative estimate of drug-likeness (QED) is 0.159. The van der Waals surface area contributed by atoms with Gasteiger partial charge >= 0.3 is 0 Å². The summed E-state index contributed by atoms with van der Waals surface area (Å²) in [7, 11) is 0. The molecule has 2 aliphatic carbocycles. The van der Waals surface area contributed by atoms with E-state index < -0.39 is 5.41 Å². The van der Waals surface area contributed by atoms with E-state index in [0.29, 0.717) is 0 Å². The van der Waals surface area contributed by atoms with Crippen LogP contribution in [0.4, 0.5) is 17.1 Å². The third-order valence-electron chi connectivity index (χ3n) is 16.2. The van der Waals surface area contributed by atoms with Gasteiger partial charge in [0, 0.05) is 55.7 Å². The summed E-state index contributed by atoms with van der Waals surface area (Å²) in [6.45, 7) is 4.69. The van der Waals surface area contributed by atoms with Gasteiger partial charge in [-0.05, 0) is 127 Å². The van der Waals surface area contributed by atoms with Crippen molar-refractivity contribution in [1.82, 2.24) is 0 Å². The van der Waals surface area contributed by atoms with Gasteiger partial charge in [0.25, 0.3) is 0 Å². The molecular formula is C70H47NO2. The van der Waals surface area contributed by atoms with Gasteiger partial charge in [-0.15, -0.1) is 0 Å². The van der Waals surface area contributed by atoms with Crippen molar-refractivity contribution in [3.05, 3.63) is 282 Å². The van der Waals surface area contributed by atoms with Crippen molar-refractivity contribution in [2.45, 2.75) is 24.7 Å². The van der Waals surface area contributed by atoms with Crippen LogP contribution in [0, 0.1) is 0 Å². The lowest BCUT2D eigenvalue weighted by molar-refractivity contribution is 0.660. The molecule has 73 heavy (non-hydrogen) atoms. The van der Waals surface area contributed by atoms with Crippen molar-refractivity contribution < 1.29 is 8.83 Å². The molecule has 3 nitrogen and oxygen atoms in total. The highest BCUT2D eigenvalue weighted by atomic mass is 16.3. The molecule has 0 saturated carbocycles. The van der Waals surface area contributed by atoms with Crippen molar-refractivity contribution in [2.75, 3.05) is 4.90 Å². The molecule has 0 atom stereocenters. The maximum atomic E-state index is 7.33. The summed E-state index contributed by atoms with van der Waals surface area (Å²) in [4.78, 5) is 2.39. The van der Waals surface area contributed by atoms with E-state index in [1.54, 1.807) is 0 Å². The zero-order valence-electron chi connectivity index (χ0n) is 40.4. The molecule has 0 saturated heterocycles. The average molecular weight is 934 g/mol. The van der Waals surface area contributed by atoms with Gasteiger partial charge in [-0.25, -0.2) is 0 Å². The van der Waals surface area contributed by atoms with Crippen molar-refractivity contribution in [3.63, 3.8) is 0 Å². The number of hydrogen-bond donors (Lipinski definition) is 0. The van der Waals surface area contributed by atoms with Crippen molar-refractivity contribution in [1.29, 1.82) is 0 Å². The van der Waals surface area contributed by atoms with Gasteiger partial charge in [0.05, 0.1) is 5.41 Å². The smallest absolute Gasteiger partial charge is 0.144 e. The van der Waals surface area contributed by atoms with E-state index in [0.717, 1.165) is 77.6 Å². The van der Waals surface area contributed by atoms with Gasteiger partial charge in [-0.2, -0.15) is 0 Å². The first-order valence-electron chi connectivity index (χ1n) is 25.3. The number of furan rings is 2. The molecule has 0 radical (unpaired) electrons. The molecule has 0 amide bonds. The molecule has 0 N–H and O–H groups in total. The molecule has 13 aromatic rings. The van der Waals surface area contributed by atoms with Gasteiger partial charge in [0.1, 0.15) is 22.3 Å². The topological polar surface area (TPSA) is 29.5 Å². The Morgan fingerprint density at radius 1 is 0.329 bits per heavy atom. The SMILES string of the molecule is CC1(C)c2ccccc2-c2ccc(-c3c4oc5cc(N(c6ccc(-c7ccccc7)cc6)c6ccc7c(c6)C(c6ccccc6)(c6ccccc6)c6ccccc6-7)ccc5c4cc4oc5ccccc5c34)cc21. The zero-order chi connectivity index (χ0) is 48.4. The van der Waals surface area contributed by atoms with Crippen LogP contribution < -0.4 is 4.90 Å². The average Bonchev–Trinajstić information content (AvgIpc) is 4.16. The van der Waals surface area contributed by atoms with Crippen molar-refractivity contribution in [2.24, 2.45) is 0 Å². The summed E-state index contributed by atoms with van der Waals surface area (Å²) >= 11 is 0. The third-order valence-corrected chi connectivity index (χ3v) is 16.2. The molecule has 0 fully saturated rings. The Hall–Kier alpha value is -9.18. The summed E-state index contributed by atoms with van der Waals surface area (Å²) < 4.78 is 14.1. The number of hydrogen-bond acceptors (Lipinski definition) is 3. The van der Waals surface area contributed by atoms with Crippen LogP contribution in [-0.4, -0.2) is 0 Å². The van der Waals surface area contributed by atoms with Crippen LogP contribution in [0.3, 0.4) is 0 Å². The largest absolute Gasteiger partial charge is 0.456 e. The summed E-state index contributed by atoms with van der Waals surface area (Å²) in [5.41, 5.74) is 23.0. The van der Waals surface area contributed by atoms with Crippen LogP contribution in [0.5, 0.6) is 0 Å². The van der Waals surface area contributed by atoms with E-state index in [-0.39, 0.29) is 5.41 Å². The lowest BCUT2D eigenvalue weighted by Gasteiger charge is -2.35. The summed E-state index contributed by atoms with van der Waals surface area (Å²) in [6.07, 6.45) is 0. The molecule has 0 aliphatic heterocycles. The van der Waals surface area contributed by atoms with Crippen LogP contribution >= 0.6 is 0 Å². The first-order chi connectivity index (χ1) is 35.9. The lowest BCUT2D eigenvalue weighted by Crippen LogP contribution is -2.28. The fourth-order valence-corrected chi connectivity index (χ4v) is 12.8. The minimum absolute atomic E-state index is 0.166. The molecular weight excluding hydrogens is 887 g/mol. The number of rotatable bonds is 7. The molecule has 0 bridgehead atoms. The molecule has 11 aromatic carbocycles. The Kier molecular flexibility index (Phi) is 8.92. The molecule has 344 valence electrons. The standard InChI is InChI=1S/C70H47NO2/c1-69(2)59-27-15-12-24-52(59)54-37-32-46(40-61(54)69)66-67-57-26-14-17-29-63(57)72-65(67)43-58-56-39-36-51(42-64(56)73-68(58)66)71(49-33-30-45(31-34-49)44-18-6-3-7-19-44)50-35-38-55-53-25-13-16-28-60(53)70(62(55)41-50,47-20-8-4-9-21-47)48-22-10-5-11-23-48/h3-43H,1-2H3. The van der Waals surface area contributed by atoms with Crippen LogP contribution in [0.1, 0.15) is 47.2 Å². The Bertz CT molecular complexity index is 4290. The van der Waals surface area contributed by atoms with Crippen molar-refractivity contribution >= 4 is 60.9 Å². The van der Waals surface area contributed by atoms with Gasteiger partial charge in [0.15, 0.2) is 0 Å². The van der Waals surface area contributed by atoms with E-state index in [2.05, 4.69) is 261 Å². The highest BCUT2D eigenvalue weighted by molar-refractivity contribution is 6.24. The molecule has 2 heterocycles. The monoisotopic (exact) mass is 933 g/mol. The van der Waals surface area contributed by atoms with Gasteiger partial charge in [-0.1, -0.05) is 202 Å². The maximum absolute atomic E-state index is 7.33. The van der Waals surface area contributed by atoms with Gasteiger partial charge < -0.3 is 13.7 Å². The van der Waals surface area contributed by atoms with Crippen LogP contribution in [-0.2, 0) is 10.8 Å². The molecule has 15 rings (SSSR count). The number of benzene rings is 11. The summed E-state index contributed by atoms with van der Waals surface area (Å²) in [5.74, 6) is 0. The van der Waals surface area contributed by atoms with Crippen molar-refractivity contribution in [3.8, 4) is 44.5 Å². The Morgan fingerprint density at radius 3 is 1.63 bits per heavy atom. The Morgan fingerprint density at radius 2 is 0.877 bits per heavy atom. The predicted molar refractivity (Wildman–Crippen MR) is 301 cm³/mol. The number of para-hydroxylation sites is 1. The first-order valence-corrected chi connectivity index (χ1v) is 25.3. The van der Waals surface area contributed by atoms with Crippen LogP contribution in [0.25, 0.3) is 88.4 Å². The Balaban J connectivity index is 0.959. The second-order valence-electron chi connectivity index (χ2n) is 20.3. The maximum Gasteiger partial charge on any atom is 0.144 e. The number of fused-ring (bicyclic) bond motifs is 12. The van der Waals surface area contributed by atoms with Crippen LogP contribution in [0.15, 0.2) is 258 Å². The van der Waals surface area contributed by atoms with E-state index in [4.69, 9.17) is 8.83 Å². The summed E-state index contributed by atoms with van der Waals surface area (Å²) in [6, 6.07) is 90.8. The normalized spacial score (nSPS) is 13.8. The second-order valence-corrected chi connectivity index (χ2v) is 20.3. The molecule has 0 spiro atoms. The summed E-state index contributed by atoms with van der Waals surface area (Å²) in [5, 5.41) is 4.20. The number of anilines is 3. The van der Waals surface area contributed by atoms with Crippen LogP contribution in [0.2, 0.25) is 0 Å². The zero-order valence-corrected chi connectivity index (χ0v) is 40.4. The minimum atomic E-state index is -0.553. The lowest BCUT2D eigenvalue weighted by atomic mass is 9.67. The predicted octanol–water partition coefficient (Wildman–Crippen LogP) is 19.0. The van der Waals surface area contributed by atoms with Gasteiger partial charge in [0.2, 0.25) is 0 Å². The van der Waals surface area contributed by atoms with E-state index in [9.17, 15) is 0 Å². The van der Waals surface area contributed by atoms with Gasteiger partial charge in [-0.3, -0.25) is 0 Å². The fourth-order valence-electron chi connectivity index (χ4n) is 12.8. The minimum Gasteiger partial charge on any atom is -0.456 e.